The van der Waals surface area contributed by atoms with Crippen molar-refractivity contribution >= 4 is 11.9 Å². The van der Waals surface area contributed by atoms with E-state index in [-0.39, 0.29) is 23.3 Å². The Kier molecular flexibility index (Phi) is 6.57. The van der Waals surface area contributed by atoms with E-state index < -0.39 is 12.1 Å². The molecule has 0 aliphatic rings. The van der Waals surface area contributed by atoms with Gasteiger partial charge in [0, 0.05) is 6.04 Å². The van der Waals surface area contributed by atoms with Gasteiger partial charge in [-0.1, -0.05) is 36.4 Å². The second-order valence-electron chi connectivity index (χ2n) is 6.03. The van der Waals surface area contributed by atoms with E-state index in [1.54, 1.807) is 6.07 Å². The number of nitrogens with one attached hydrogen (secondary N) is 1. The minimum absolute atomic E-state index is 0.0268. The van der Waals surface area contributed by atoms with Gasteiger partial charge in [0.05, 0.1) is 5.56 Å². The van der Waals surface area contributed by atoms with Crippen LogP contribution in [0.5, 0.6) is 5.75 Å². The Balaban J connectivity index is 1.80. The molecule has 0 bridgehead atoms. The molecule has 0 saturated heterocycles. The van der Waals surface area contributed by atoms with Gasteiger partial charge in [-0.3, -0.25) is 4.79 Å². The van der Waals surface area contributed by atoms with Crippen LogP contribution < -0.4 is 5.32 Å². The van der Waals surface area contributed by atoms with Crippen LogP contribution in [0.4, 0.5) is 0 Å². The molecule has 25 heavy (non-hydrogen) atoms. The minimum Gasteiger partial charge on any atom is -0.508 e. The van der Waals surface area contributed by atoms with Gasteiger partial charge >= 0.3 is 5.97 Å². The highest BCUT2D eigenvalue weighted by atomic mass is 16.5. The SMILES string of the molecule is C[C@H](CCc1ccccc1)NC(=O)[C@@H](C)OC(=O)c1cccc(O)c1. The summed E-state index contributed by atoms with van der Waals surface area (Å²) in [4.78, 5) is 24.2. The topological polar surface area (TPSA) is 75.6 Å². The molecule has 0 unspecified atom stereocenters. The molecule has 2 aromatic rings. The zero-order valence-electron chi connectivity index (χ0n) is 14.4. The van der Waals surface area contributed by atoms with Crippen LogP contribution in [0, 0.1) is 0 Å². The molecule has 2 N–H and O–H groups in total. The van der Waals surface area contributed by atoms with E-state index in [0.717, 1.165) is 12.8 Å². The van der Waals surface area contributed by atoms with Crippen LogP contribution in [0.2, 0.25) is 0 Å². The fourth-order valence-corrected chi connectivity index (χ4v) is 2.38. The lowest BCUT2D eigenvalue weighted by molar-refractivity contribution is -0.129. The Morgan fingerprint density at radius 1 is 1.08 bits per heavy atom. The predicted octanol–water partition coefficient (Wildman–Crippen LogP) is 3.08. The van der Waals surface area contributed by atoms with Crippen molar-refractivity contribution in [3.05, 3.63) is 65.7 Å². The van der Waals surface area contributed by atoms with Crippen molar-refractivity contribution in [3.8, 4) is 5.75 Å². The molecule has 0 aliphatic heterocycles. The largest absolute Gasteiger partial charge is 0.508 e. The summed E-state index contributed by atoms with van der Waals surface area (Å²) < 4.78 is 5.15. The first-order valence-electron chi connectivity index (χ1n) is 8.30. The quantitative estimate of drug-likeness (QED) is 0.759. The van der Waals surface area contributed by atoms with Crippen LogP contribution in [0.1, 0.15) is 36.2 Å². The van der Waals surface area contributed by atoms with Crippen molar-refractivity contribution < 1.29 is 19.4 Å². The fourth-order valence-electron chi connectivity index (χ4n) is 2.38. The number of rotatable bonds is 7. The third-order valence-corrected chi connectivity index (χ3v) is 3.83. The van der Waals surface area contributed by atoms with E-state index >= 15 is 0 Å². The van der Waals surface area contributed by atoms with E-state index in [2.05, 4.69) is 5.32 Å². The van der Waals surface area contributed by atoms with Gasteiger partial charge in [-0.2, -0.15) is 0 Å². The van der Waals surface area contributed by atoms with Crippen LogP contribution in [0.25, 0.3) is 0 Å². The van der Waals surface area contributed by atoms with E-state index in [4.69, 9.17) is 4.74 Å². The number of ether oxygens (including phenoxy) is 1. The summed E-state index contributed by atoms with van der Waals surface area (Å²) in [6.07, 6.45) is 0.747. The normalized spacial score (nSPS) is 12.9. The molecule has 2 aromatic carbocycles. The second kappa shape index (κ2) is 8.87. The second-order valence-corrected chi connectivity index (χ2v) is 6.03. The van der Waals surface area contributed by atoms with E-state index in [0.29, 0.717) is 0 Å². The van der Waals surface area contributed by atoms with Gasteiger partial charge in [0.15, 0.2) is 6.10 Å². The van der Waals surface area contributed by atoms with E-state index in [1.165, 1.54) is 30.7 Å². The van der Waals surface area contributed by atoms with Crippen LogP contribution in [0.15, 0.2) is 54.6 Å². The molecule has 5 heteroatoms. The summed E-state index contributed by atoms with van der Waals surface area (Å²) >= 11 is 0. The predicted molar refractivity (Wildman–Crippen MR) is 95.4 cm³/mol. The molecule has 5 nitrogen and oxygen atoms in total. The molecule has 0 fully saturated rings. The zero-order valence-corrected chi connectivity index (χ0v) is 14.4. The summed E-state index contributed by atoms with van der Waals surface area (Å²) in [7, 11) is 0. The number of carbonyl (C=O) groups is 2. The Morgan fingerprint density at radius 3 is 2.48 bits per heavy atom. The Morgan fingerprint density at radius 2 is 1.80 bits per heavy atom. The number of phenols is 1. The Labute approximate surface area is 147 Å². The van der Waals surface area contributed by atoms with E-state index in [9.17, 15) is 14.7 Å². The number of aromatic hydroxyl groups is 1. The number of carbonyl (C=O) groups excluding carboxylic acids is 2. The third-order valence-electron chi connectivity index (χ3n) is 3.83. The first-order chi connectivity index (χ1) is 12.0. The highest BCUT2D eigenvalue weighted by Gasteiger charge is 2.20. The lowest BCUT2D eigenvalue weighted by atomic mass is 10.1. The van der Waals surface area contributed by atoms with Crippen molar-refractivity contribution in [1.29, 1.82) is 0 Å². The minimum atomic E-state index is -0.908. The number of phenolic OH excluding ortho intramolecular Hbond substituents is 1. The van der Waals surface area contributed by atoms with Crippen molar-refractivity contribution in [2.75, 3.05) is 0 Å². The highest BCUT2D eigenvalue weighted by molar-refractivity contribution is 5.92. The number of amides is 1. The standard InChI is InChI=1S/C20H23NO4/c1-14(11-12-16-7-4-3-5-8-16)21-19(23)15(2)25-20(24)17-9-6-10-18(22)13-17/h3-10,13-15,22H,11-12H2,1-2H3,(H,21,23)/t14-,15-/m1/s1. The molecule has 2 atom stereocenters. The lowest BCUT2D eigenvalue weighted by Gasteiger charge is -2.18. The molecular formula is C20H23NO4. The average Bonchev–Trinajstić information content (AvgIpc) is 2.60. The maximum absolute atomic E-state index is 12.2. The van der Waals surface area contributed by atoms with Crippen LogP contribution in [-0.2, 0) is 16.0 Å². The van der Waals surface area contributed by atoms with Crippen LogP contribution in [0.3, 0.4) is 0 Å². The molecule has 0 radical (unpaired) electrons. The summed E-state index contributed by atoms with van der Waals surface area (Å²) in [6, 6.07) is 15.8. The number of benzene rings is 2. The van der Waals surface area contributed by atoms with Crippen molar-refractivity contribution in [2.45, 2.75) is 38.8 Å². The molecule has 1 amide bonds. The molecule has 0 saturated carbocycles. The van der Waals surface area contributed by atoms with Gasteiger partial charge in [-0.05, 0) is 50.5 Å². The smallest absolute Gasteiger partial charge is 0.339 e. The number of esters is 1. The number of aryl methyl sites for hydroxylation is 1. The first kappa shape index (κ1) is 18.5. The Bertz CT molecular complexity index is 715. The molecule has 0 aliphatic carbocycles. The first-order valence-corrected chi connectivity index (χ1v) is 8.30. The number of hydrogen-bond acceptors (Lipinski definition) is 4. The molecule has 0 spiro atoms. The summed E-state index contributed by atoms with van der Waals surface area (Å²) in [6.45, 7) is 3.45. The monoisotopic (exact) mass is 341 g/mol. The molecular weight excluding hydrogens is 318 g/mol. The fraction of sp³-hybridized carbons (Fsp3) is 0.300. The van der Waals surface area contributed by atoms with Gasteiger partial charge in [-0.15, -0.1) is 0 Å². The summed E-state index contributed by atoms with van der Waals surface area (Å²) in [5, 5.41) is 12.2. The van der Waals surface area contributed by atoms with E-state index in [1.807, 2.05) is 37.3 Å². The number of hydrogen-bond donors (Lipinski definition) is 2. The lowest BCUT2D eigenvalue weighted by Crippen LogP contribution is -2.41. The molecule has 0 aromatic heterocycles. The van der Waals surface area contributed by atoms with Gasteiger partial charge in [0.25, 0.3) is 5.91 Å². The van der Waals surface area contributed by atoms with Crippen molar-refractivity contribution in [2.24, 2.45) is 0 Å². The Hall–Kier alpha value is -2.82. The van der Waals surface area contributed by atoms with Gasteiger partial charge < -0.3 is 15.2 Å². The van der Waals surface area contributed by atoms with Gasteiger partial charge in [-0.25, -0.2) is 4.79 Å². The molecule has 0 heterocycles. The molecule has 132 valence electrons. The average molecular weight is 341 g/mol. The maximum atomic E-state index is 12.2. The van der Waals surface area contributed by atoms with Gasteiger partial charge in [0.1, 0.15) is 5.75 Å². The summed E-state index contributed by atoms with van der Waals surface area (Å²) in [5.41, 5.74) is 1.42. The van der Waals surface area contributed by atoms with Crippen molar-refractivity contribution in [1.82, 2.24) is 5.32 Å². The highest BCUT2D eigenvalue weighted by Crippen LogP contribution is 2.13. The molecule has 2 rings (SSSR count). The van der Waals surface area contributed by atoms with Crippen LogP contribution in [-0.4, -0.2) is 29.1 Å². The zero-order chi connectivity index (χ0) is 18.2. The third kappa shape index (κ3) is 5.95. The van der Waals surface area contributed by atoms with Crippen molar-refractivity contribution in [3.63, 3.8) is 0 Å². The maximum Gasteiger partial charge on any atom is 0.339 e. The summed E-state index contributed by atoms with van der Waals surface area (Å²) in [5.74, 6) is -1.01. The van der Waals surface area contributed by atoms with Gasteiger partial charge in [0.2, 0.25) is 0 Å². The van der Waals surface area contributed by atoms with Crippen LogP contribution >= 0.6 is 0 Å².